The van der Waals surface area contributed by atoms with E-state index in [-0.39, 0.29) is 11.6 Å². The van der Waals surface area contributed by atoms with Crippen molar-refractivity contribution in [3.05, 3.63) is 54.1 Å². The van der Waals surface area contributed by atoms with Crippen molar-refractivity contribution in [3.8, 4) is 11.3 Å². The highest BCUT2D eigenvalue weighted by Gasteiger charge is 2.28. The van der Waals surface area contributed by atoms with Gasteiger partial charge in [0, 0.05) is 36.6 Å². The second kappa shape index (κ2) is 7.19. The predicted molar refractivity (Wildman–Crippen MR) is 104 cm³/mol. The Kier molecular flexibility index (Phi) is 4.74. The molecule has 0 spiro atoms. The van der Waals surface area contributed by atoms with E-state index in [1.807, 2.05) is 24.3 Å². The van der Waals surface area contributed by atoms with Crippen LogP contribution in [-0.2, 0) is 0 Å². The molecule has 4 nitrogen and oxygen atoms in total. The lowest BCUT2D eigenvalue weighted by Crippen LogP contribution is -2.54. The Morgan fingerprint density at radius 2 is 1.89 bits per heavy atom. The highest BCUT2D eigenvalue weighted by atomic mass is 19.2. The average Bonchev–Trinajstić information content (AvgIpc) is 2.69. The molecular formula is C21H22F2N4. The van der Waals surface area contributed by atoms with E-state index >= 15 is 0 Å². The van der Waals surface area contributed by atoms with Gasteiger partial charge in [-0.15, -0.1) is 0 Å². The minimum atomic E-state index is -0.881. The molecule has 1 aliphatic heterocycles. The number of anilines is 1. The summed E-state index contributed by atoms with van der Waals surface area (Å²) in [6.45, 7) is 6.78. The molecule has 2 aromatic carbocycles. The normalized spacial score (nSPS) is 17.7. The maximum Gasteiger partial charge on any atom is 0.226 e. The number of hydrogen-bond acceptors (Lipinski definition) is 4. The summed E-state index contributed by atoms with van der Waals surface area (Å²) in [4.78, 5) is 11.6. The number of nitrogens with one attached hydrogen (secondary N) is 1. The number of para-hydroxylation sites is 1. The van der Waals surface area contributed by atoms with Crippen LogP contribution < -0.4 is 10.2 Å². The molecule has 27 heavy (non-hydrogen) atoms. The van der Waals surface area contributed by atoms with Crippen molar-refractivity contribution in [1.82, 2.24) is 15.3 Å². The van der Waals surface area contributed by atoms with Crippen LogP contribution in [0, 0.1) is 17.6 Å². The number of halogens is 2. The van der Waals surface area contributed by atoms with Crippen LogP contribution in [0.4, 0.5) is 14.7 Å². The summed E-state index contributed by atoms with van der Waals surface area (Å²) in [6.07, 6.45) is 0. The SMILES string of the molecule is CC(C)[C@H]1CNCCN1c1nc(-c2cccc(F)c2F)c2ccccc2n1. The van der Waals surface area contributed by atoms with Crippen LogP contribution in [0.5, 0.6) is 0 Å². The molecule has 0 aliphatic carbocycles. The number of benzene rings is 2. The zero-order valence-electron chi connectivity index (χ0n) is 15.4. The molecule has 1 N–H and O–H groups in total. The monoisotopic (exact) mass is 368 g/mol. The molecule has 3 aromatic rings. The molecule has 0 saturated carbocycles. The maximum absolute atomic E-state index is 14.5. The number of nitrogens with zero attached hydrogens (tertiary/aromatic N) is 3. The van der Waals surface area contributed by atoms with E-state index in [2.05, 4.69) is 24.1 Å². The van der Waals surface area contributed by atoms with E-state index < -0.39 is 11.6 Å². The molecule has 1 atom stereocenters. The molecule has 2 heterocycles. The summed E-state index contributed by atoms with van der Waals surface area (Å²) < 4.78 is 28.4. The van der Waals surface area contributed by atoms with Gasteiger partial charge >= 0.3 is 0 Å². The minimum absolute atomic E-state index is 0.158. The van der Waals surface area contributed by atoms with Crippen LogP contribution in [0.15, 0.2) is 42.5 Å². The van der Waals surface area contributed by atoms with Gasteiger partial charge in [0.25, 0.3) is 0 Å². The first-order valence-electron chi connectivity index (χ1n) is 9.25. The third-order valence-corrected chi connectivity index (χ3v) is 5.11. The van der Waals surface area contributed by atoms with Gasteiger partial charge < -0.3 is 10.2 Å². The van der Waals surface area contributed by atoms with Crippen molar-refractivity contribution in [2.24, 2.45) is 5.92 Å². The van der Waals surface area contributed by atoms with Gasteiger partial charge in [-0.25, -0.2) is 18.7 Å². The van der Waals surface area contributed by atoms with E-state index in [1.165, 1.54) is 6.07 Å². The Balaban J connectivity index is 1.92. The van der Waals surface area contributed by atoms with Crippen LogP contribution in [0.2, 0.25) is 0 Å². The number of fused-ring (bicyclic) bond motifs is 1. The van der Waals surface area contributed by atoms with Gasteiger partial charge in [0.2, 0.25) is 5.95 Å². The second-order valence-corrected chi connectivity index (χ2v) is 7.20. The molecule has 0 amide bonds. The molecular weight excluding hydrogens is 346 g/mol. The van der Waals surface area contributed by atoms with Gasteiger partial charge in [0.1, 0.15) is 0 Å². The lowest BCUT2D eigenvalue weighted by Gasteiger charge is -2.38. The largest absolute Gasteiger partial charge is 0.335 e. The first-order chi connectivity index (χ1) is 13.1. The molecule has 6 heteroatoms. The third kappa shape index (κ3) is 3.25. The summed E-state index contributed by atoms with van der Waals surface area (Å²) in [7, 11) is 0. The second-order valence-electron chi connectivity index (χ2n) is 7.20. The van der Waals surface area contributed by atoms with E-state index in [9.17, 15) is 8.78 Å². The maximum atomic E-state index is 14.5. The van der Waals surface area contributed by atoms with Gasteiger partial charge in [-0.1, -0.05) is 38.1 Å². The molecule has 1 aromatic heterocycles. The van der Waals surface area contributed by atoms with Gasteiger partial charge in [0.15, 0.2) is 11.6 Å². The van der Waals surface area contributed by atoms with E-state index in [1.54, 1.807) is 6.07 Å². The molecule has 0 bridgehead atoms. The minimum Gasteiger partial charge on any atom is -0.335 e. The number of rotatable bonds is 3. The zero-order chi connectivity index (χ0) is 19.0. The van der Waals surface area contributed by atoms with Crippen LogP contribution in [0.3, 0.4) is 0 Å². The van der Waals surface area contributed by atoms with E-state index in [0.29, 0.717) is 22.9 Å². The summed E-state index contributed by atoms with van der Waals surface area (Å²) in [5.74, 6) is -0.790. The van der Waals surface area contributed by atoms with Crippen molar-refractivity contribution < 1.29 is 8.78 Å². The smallest absolute Gasteiger partial charge is 0.226 e. The van der Waals surface area contributed by atoms with Crippen LogP contribution in [0.1, 0.15) is 13.8 Å². The average molecular weight is 368 g/mol. The Labute approximate surface area is 157 Å². The van der Waals surface area contributed by atoms with Gasteiger partial charge in [-0.05, 0) is 24.1 Å². The highest BCUT2D eigenvalue weighted by Crippen LogP contribution is 2.32. The molecule has 1 saturated heterocycles. The van der Waals surface area contributed by atoms with Gasteiger partial charge in [0.05, 0.1) is 11.2 Å². The molecule has 0 unspecified atom stereocenters. The Morgan fingerprint density at radius 3 is 2.70 bits per heavy atom. The van der Waals surface area contributed by atoms with Crippen molar-refractivity contribution in [2.75, 3.05) is 24.5 Å². The summed E-state index contributed by atoms with van der Waals surface area (Å²) in [5.41, 5.74) is 1.31. The van der Waals surface area contributed by atoms with Crippen LogP contribution >= 0.6 is 0 Å². The summed E-state index contributed by atoms with van der Waals surface area (Å²) in [5, 5.41) is 4.12. The Morgan fingerprint density at radius 1 is 1.07 bits per heavy atom. The summed E-state index contributed by atoms with van der Waals surface area (Å²) in [6, 6.07) is 11.9. The first kappa shape index (κ1) is 17.8. The predicted octanol–water partition coefficient (Wildman–Crippen LogP) is 4.01. The first-order valence-corrected chi connectivity index (χ1v) is 9.25. The fourth-order valence-electron chi connectivity index (χ4n) is 3.65. The summed E-state index contributed by atoms with van der Waals surface area (Å²) >= 11 is 0. The third-order valence-electron chi connectivity index (χ3n) is 5.11. The number of hydrogen-bond donors (Lipinski definition) is 1. The standard InChI is InChI=1S/C21H22F2N4/c1-13(2)18-12-24-10-11-27(18)21-25-17-9-4-3-6-14(17)20(26-21)15-7-5-8-16(22)19(15)23/h3-9,13,18,24H,10-12H2,1-2H3/t18-/m1/s1. The highest BCUT2D eigenvalue weighted by molar-refractivity contribution is 5.93. The fraction of sp³-hybridized carbons (Fsp3) is 0.333. The number of aromatic nitrogens is 2. The van der Waals surface area contributed by atoms with Gasteiger partial charge in [-0.3, -0.25) is 0 Å². The lowest BCUT2D eigenvalue weighted by atomic mass is 10.0. The van der Waals surface area contributed by atoms with Crippen molar-refractivity contribution in [3.63, 3.8) is 0 Å². The van der Waals surface area contributed by atoms with E-state index in [4.69, 9.17) is 9.97 Å². The lowest BCUT2D eigenvalue weighted by molar-refractivity contribution is 0.386. The Hall–Kier alpha value is -2.60. The van der Waals surface area contributed by atoms with Crippen molar-refractivity contribution in [2.45, 2.75) is 19.9 Å². The fourth-order valence-corrected chi connectivity index (χ4v) is 3.65. The molecule has 1 aliphatic rings. The molecule has 140 valence electrons. The van der Waals surface area contributed by atoms with Crippen molar-refractivity contribution >= 4 is 16.9 Å². The van der Waals surface area contributed by atoms with Crippen LogP contribution in [-0.4, -0.2) is 35.6 Å². The topological polar surface area (TPSA) is 41.0 Å². The molecule has 4 rings (SSSR count). The van der Waals surface area contributed by atoms with E-state index in [0.717, 1.165) is 31.2 Å². The molecule has 0 radical (unpaired) electrons. The quantitative estimate of drug-likeness (QED) is 0.758. The Bertz CT molecular complexity index is 974. The van der Waals surface area contributed by atoms with Crippen molar-refractivity contribution in [1.29, 1.82) is 0 Å². The van der Waals surface area contributed by atoms with Gasteiger partial charge in [-0.2, -0.15) is 0 Å². The number of piperazine rings is 1. The molecule has 1 fully saturated rings. The van der Waals surface area contributed by atoms with Crippen LogP contribution in [0.25, 0.3) is 22.2 Å². The zero-order valence-corrected chi connectivity index (χ0v) is 15.4.